The average molecular weight is 536 g/mol. The van der Waals surface area contributed by atoms with E-state index < -0.39 is 0 Å². The van der Waals surface area contributed by atoms with E-state index in [0.717, 1.165) is 17.7 Å². The van der Waals surface area contributed by atoms with Crippen molar-refractivity contribution in [1.82, 2.24) is 25.3 Å². The second-order valence-corrected chi connectivity index (χ2v) is 8.78. The Balaban J connectivity index is 1.57. The number of nitrogens with one attached hydrogen (secondary N) is 1. The van der Waals surface area contributed by atoms with Crippen LogP contribution in [0.4, 0.5) is 0 Å². The Hall–Kier alpha value is -3.79. The van der Waals surface area contributed by atoms with E-state index in [2.05, 4.69) is 30.2 Å². The monoisotopic (exact) mass is 535 g/mol. The Morgan fingerprint density at radius 2 is 1.41 bits per heavy atom. The lowest BCUT2D eigenvalue weighted by Gasteiger charge is -2.15. The molecule has 0 aliphatic carbocycles. The zero-order valence-corrected chi connectivity index (χ0v) is 21.6. The SMILES string of the molecule is COc1nc(-c2cccc(-c3cccc(-c4cnc(C5=NCCN5)c(OC)n4)c3Cl)c2Cl)cnc1CN. The third kappa shape index (κ3) is 4.69. The van der Waals surface area contributed by atoms with Gasteiger partial charge in [-0.3, -0.25) is 9.98 Å². The van der Waals surface area contributed by atoms with Crippen LogP contribution in [0.5, 0.6) is 11.8 Å². The number of benzene rings is 2. The molecular formula is C26H23Cl2N7O2. The fraction of sp³-hybridized carbons (Fsp3) is 0.192. The maximum absolute atomic E-state index is 6.93. The van der Waals surface area contributed by atoms with Crippen molar-refractivity contribution in [2.75, 3.05) is 27.3 Å². The summed E-state index contributed by atoms with van der Waals surface area (Å²) in [5.74, 6) is 1.38. The number of ether oxygens (including phenoxy) is 2. The van der Waals surface area contributed by atoms with Gasteiger partial charge >= 0.3 is 0 Å². The van der Waals surface area contributed by atoms with Gasteiger partial charge < -0.3 is 20.5 Å². The topological polar surface area (TPSA) is 120 Å². The lowest BCUT2D eigenvalue weighted by molar-refractivity contribution is 0.390. The first-order valence-electron chi connectivity index (χ1n) is 11.4. The molecule has 0 unspecified atom stereocenters. The van der Waals surface area contributed by atoms with Crippen LogP contribution in [0.3, 0.4) is 0 Å². The number of nitrogens with zero attached hydrogens (tertiary/aromatic N) is 5. The summed E-state index contributed by atoms with van der Waals surface area (Å²) in [6.07, 6.45) is 3.28. The standard InChI is InChI=1S/C26H23Cl2N7O2/c1-36-25-18(11-29)32-12-19(34-25)16-7-3-5-14(21(16)27)15-6-4-8-17(22(15)28)20-13-33-23(26(35-20)37-2)24-30-9-10-31-24/h3-8,12-13H,9-11,29H2,1-2H3,(H,30,31). The van der Waals surface area contributed by atoms with Crippen LogP contribution in [0.1, 0.15) is 11.4 Å². The second kappa shape index (κ2) is 10.7. The van der Waals surface area contributed by atoms with Crippen LogP contribution in [-0.2, 0) is 6.54 Å². The minimum atomic E-state index is 0.214. The van der Waals surface area contributed by atoms with Crippen molar-refractivity contribution < 1.29 is 9.47 Å². The highest BCUT2D eigenvalue weighted by atomic mass is 35.5. The van der Waals surface area contributed by atoms with Gasteiger partial charge in [-0.25, -0.2) is 15.0 Å². The Morgan fingerprint density at radius 3 is 1.95 bits per heavy atom. The van der Waals surface area contributed by atoms with Gasteiger partial charge in [0.05, 0.1) is 54.6 Å². The van der Waals surface area contributed by atoms with Gasteiger partial charge in [-0.15, -0.1) is 0 Å². The van der Waals surface area contributed by atoms with E-state index in [1.807, 2.05) is 36.4 Å². The predicted octanol–water partition coefficient (Wildman–Crippen LogP) is 4.40. The summed E-state index contributed by atoms with van der Waals surface area (Å²) in [7, 11) is 3.08. The molecule has 1 aliphatic rings. The quantitative estimate of drug-likeness (QED) is 0.357. The molecule has 188 valence electrons. The highest BCUT2D eigenvalue weighted by Crippen LogP contribution is 2.42. The molecule has 2 aromatic carbocycles. The van der Waals surface area contributed by atoms with Crippen LogP contribution in [-0.4, -0.2) is 53.1 Å². The number of hydrogen-bond donors (Lipinski definition) is 2. The van der Waals surface area contributed by atoms with Crippen molar-refractivity contribution in [3.05, 3.63) is 70.2 Å². The lowest BCUT2D eigenvalue weighted by Crippen LogP contribution is -2.21. The molecule has 0 spiro atoms. The lowest BCUT2D eigenvalue weighted by atomic mass is 9.98. The Kier molecular flexibility index (Phi) is 7.18. The van der Waals surface area contributed by atoms with Gasteiger partial charge in [0.15, 0.2) is 11.5 Å². The van der Waals surface area contributed by atoms with E-state index in [0.29, 0.717) is 68.1 Å². The summed E-state index contributed by atoms with van der Waals surface area (Å²) < 4.78 is 10.8. The molecule has 9 nitrogen and oxygen atoms in total. The van der Waals surface area contributed by atoms with Crippen LogP contribution in [0.2, 0.25) is 10.0 Å². The van der Waals surface area contributed by atoms with Gasteiger partial charge in [0.25, 0.3) is 0 Å². The summed E-state index contributed by atoms with van der Waals surface area (Å²) in [6.45, 7) is 1.65. The summed E-state index contributed by atoms with van der Waals surface area (Å²) in [6, 6.07) is 11.3. The molecule has 0 atom stereocenters. The van der Waals surface area contributed by atoms with Crippen molar-refractivity contribution in [1.29, 1.82) is 0 Å². The van der Waals surface area contributed by atoms with Gasteiger partial charge in [0.2, 0.25) is 11.8 Å². The van der Waals surface area contributed by atoms with E-state index in [-0.39, 0.29) is 6.54 Å². The zero-order valence-electron chi connectivity index (χ0n) is 20.1. The van der Waals surface area contributed by atoms with Crippen molar-refractivity contribution >= 4 is 29.0 Å². The fourth-order valence-electron chi connectivity index (χ4n) is 4.07. The van der Waals surface area contributed by atoms with Crippen molar-refractivity contribution in [3.63, 3.8) is 0 Å². The van der Waals surface area contributed by atoms with Crippen LogP contribution in [0.25, 0.3) is 33.6 Å². The predicted molar refractivity (Wildman–Crippen MR) is 144 cm³/mol. The summed E-state index contributed by atoms with van der Waals surface area (Å²) in [4.78, 5) is 22.5. The zero-order chi connectivity index (χ0) is 25.9. The van der Waals surface area contributed by atoms with Gasteiger partial charge in [-0.2, -0.15) is 0 Å². The molecule has 0 fully saturated rings. The number of hydrogen-bond acceptors (Lipinski definition) is 9. The van der Waals surface area contributed by atoms with Gasteiger partial charge in [0.1, 0.15) is 5.69 Å². The molecule has 2 aromatic heterocycles. The van der Waals surface area contributed by atoms with Gasteiger partial charge in [-0.1, -0.05) is 59.6 Å². The van der Waals surface area contributed by atoms with Gasteiger partial charge in [-0.05, 0) is 0 Å². The summed E-state index contributed by atoms with van der Waals surface area (Å²) in [5, 5.41) is 4.14. The molecule has 5 rings (SSSR count). The molecule has 0 amide bonds. The third-order valence-electron chi connectivity index (χ3n) is 5.87. The number of halogens is 2. The third-order valence-corrected chi connectivity index (χ3v) is 6.68. The van der Waals surface area contributed by atoms with Crippen molar-refractivity contribution in [2.45, 2.75) is 6.54 Å². The minimum absolute atomic E-state index is 0.214. The molecule has 4 aromatic rings. The molecule has 0 saturated carbocycles. The minimum Gasteiger partial charge on any atom is -0.480 e. The number of aliphatic imine (C=N–C) groups is 1. The number of nitrogens with two attached hydrogens (primary N) is 1. The largest absolute Gasteiger partial charge is 0.480 e. The second-order valence-electron chi connectivity index (χ2n) is 8.02. The van der Waals surface area contributed by atoms with Crippen molar-refractivity contribution in [2.24, 2.45) is 10.7 Å². The Morgan fingerprint density at radius 1 is 0.838 bits per heavy atom. The Labute approximate surface area is 223 Å². The first-order chi connectivity index (χ1) is 18.0. The van der Waals surface area contributed by atoms with E-state index in [1.54, 1.807) is 19.5 Å². The van der Waals surface area contributed by atoms with Crippen LogP contribution in [0, 0.1) is 0 Å². The van der Waals surface area contributed by atoms with Crippen molar-refractivity contribution in [3.8, 4) is 45.4 Å². The molecule has 0 bridgehead atoms. The molecule has 3 N–H and O–H groups in total. The van der Waals surface area contributed by atoms with E-state index in [1.165, 1.54) is 7.11 Å². The highest BCUT2D eigenvalue weighted by Gasteiger charge is 2.21. The van der Waals surface area contributed by atoms with Gasteiger partial charge in [0, 0.05) is 35.3 Å². The maximum Gasteiger partial charge on any atom is 0.244 e. The molecule has 3 heterocycles. The highest BCUT2D eigenvalue weighted by molar-refractivity contribution is 6.39. The molecular weight excluding hydrogens is 513 g/mol. The average Bonchev–Trinajstić information content (AvgIpc) is 3.48. The molecule has 11 heteroatoms. The maximum atomic E-state index is 6.93. The summed E-state index contributed by atoms with van der Waals surface area (Å²) in [5.41, 5.74) is 10.8. The fourth-order valence-corrected chi connectivity index (χ4v) is 4.72. The molecule has 37 heavy (non-hydrogen) atoms. The van der Waals surface area contributed by atoms with E-state index >= 15 is 0 Å². The van der Waals surface area contributed by atoms with Crippen LogP contribution >= 0.6 is 23.2 Å². The normalized spacial score (nSPS) is 12.7. The number of aromatic nitrogens is 4. The molecule has 0 saturated heterocycles. The first kappa shape index (κ1) is 24.9. The smallest absolute Gasteiger partial charge is 0.244 e. The summed E-state index contributed by atoms with van der Waals surface area (Å²) >= 11 is 13.8. The Bertz CT molecular complexity index is 1510. The number of amidine groups is 1. The van der Waals surface area contributed by atoms with E-state index in [4.69, 9.17) is 38.4 Å². The molecule has 0 radical (unpaired) electrons. The molecule has 1 aliphatic heterocycles. The van der Waals surface area contributed by atoms with Crippen LogP contribution < -0.4 is 20.5 Å². The first-order valence-corrected chi connectivity index (χ1v) is 12.2. The number of methoxy groups -OCH3 is 2. The van der Waals surface area contributed by atoms with E-state index in [9.17, 15) is 0 Å². The number of rotatable bonds is 7. The van der Waals surface area contributed by atoms with Crippen LogP contribution in [0.15, 0.2) is 53.8 Å².